The normalized spacial score (nSPS) is 15.6. The lowest BCUT2D eigenvalue weighted by molar-refractivity contribution is -0.115. The summed E-state index contributed by atoms with van der Waals surface area (Å²) in [6, 6.07) is 11.6. The number of amides is 2. The third kappa shape index (κ3) is 4.93. The number of anilines is 1. The van der Waals surface area contributed by atoms with Crippen molar-refractivity contribution in [3.8, 4) is 0 Å². The molecule has 1 aliphatic carbocycles. The molecule has 0 radical (unpaired) electrons. The molecule has 1 fully saturated rings. The Morgan fingerprint density at radius 2 is 1.92 bits per heavy atom. The minimum atomic E-state index is -0.158. The highest BCUT2D eigenvalue weighted by atomic mass is 32.1. The molecule has 1 heterocycles. The van der Waals surface area contributed by atoms with E-state index in [0.717, 1.165) is 25.7 Å². The number of rotatable bonds is 7. The Labute approximate surface area is 158 Å². The van der Waals surface area contributed by atoms with Gasteiger partial charge < -0.3 is 16.0 Å². The summed E-state index contributed by atoms with van der Waals surface area (Å²) in [6.07, 6.45) is 4.39. The topological polar surface area (TPSA) is 70.2 Å². The molecular formula is C20H25N3O2S. The number of benzene rings is 1. The summed E-state index contributed by atoms with van der Waals surface area (Å²) >= 11 is 1.66. The van der Waals surface area contributed by atoms with Gasteiger partial charge >= 0.3 is 0 Å². The van der Waals surface area contributed by atoms with Crippen molar-refractivity contribution in [1.29, 1.82) is 0 Å². The maximum Gasteiger partial charge on any atom is 0.253 e. The van der Waals surface area contributed by atoms with Crippen LogP contribution in [0.3, 0.4) is 0 Å². The van der Waals surface area contributed by atoms with Gasteiger partial charge in [0.1, 0.15) is 0 Å². The number of thiophene rings is 1. The number of carbonyl (C=O) groups excluding carboxylic acids is 2. The Balaban J connectivity index is 1.56. The molecule has 1 aromatic carbocycles. The van der Waals surface area contributed by atoms with E-state index < -0.39 is 0 Å². The van der Waals surface area contributed by atoms with Crippen molar-refractivity contribution in [2.24, 2.45) is 0 Å². The second-order valence-corrected chi connectivity index (χ2v) is 7.65. The van der Waals surface area contributed by atoms with Gasteiger partial charge in [-0.25, -0.2) is 0 Å². The van der Waals surface area contributed by atoms with Gasteiger partial charge in [0.25, 0.3) is 5.91 Å². The Bertz CT molecular complexity index is 739. The molecule has 1 unspecified atom stereocenters. The molecule has 5 nitrogen and oxygen atoms in total. The van der Waals surface area contributed by atoms with Gasteiger partial charge in [0.15, 0.2) is 0 Å². The molecule has 0 bridgehead atoms. The highest BCUT2D eigenvalue weighted by Crippen LogP contribution is 2.21. The SMILES string of the molecule is CC(NCC(=O)Nc1ccccc1C(=O)NC1CCCC1)c1cccs1. The predicted molar refractivity (Wildman–Crippen MR) is 106 cm³/mol. The van der Waals surface area contributed by atoms with Gasteiger partial charge in [-0.2, -0.15) is 0 Å². The van der Waals surface area contributed by atoms with Crippen LogP contribution in [0.4, 0.5) is 5.69 Å². The van der Waals surface area contributed by atoms with E-state index in [9.17, 15) is 9.59 Å². The van der Waals surface area contributed by atoms with Gasteiger partial charge in [-0.1, -0.05) is 31.0 Å². The first kappa shape index (κ1) is 18.6. The van der Waals surface area contributed by atoms with Crippen LogP contribution < -0.4 is 16.0 Å². The van der Waals surface area contributed by atoms with Gasteiger partial charge in [-0.3, -0.25) is 9.59 Å². The van der Waals surface area contributed by atoms with Crippen LogP contribution >= 0.6 is 11.3 Å². The Kier molecular flexibility index (Phi) is 6.41. The highest BCUT2D eigenvalue weighted by molar-refractivity contribution is 7.10. The van der Waals surface area contributed by atoms with Crippen LogP contribution in [0, 0.1) is 0 Å². The van der Waals surface area contributed by atoms with Crippen LogP contribution in [0.2, 0.25) is 0 Å². The summed E-state index contributed by atoms with van der Waals surface area (Å²) in [7, 11) is 0. The molecule has 2 aromatic rings. The third-order valence-electron chi connectivity index (χ3n) is 4.67. The minimum Gasteiger partial charge on any atom is -0.349 e. The van der Waals surface area contributed by atoms with E-state index in [1.165, 1.54) is 4.88 Å². The molecule has 0 saturated heterocycles. The van der Waals surface area contributed by atoms with E-state index in [2.05, 4.69) is 16.0 Å². The van der Waals surface area contributed by atoms with Crippen LogP contribution in [-0.2, 0) is 4.79 Å². The van der Waals surface area contributed by atoms with Gasteiger partial charge in [-0.05, 0) is 43.3 Å². The van der Waals surface area contributed by atoms with E-state index >= 15 is 0 Å². The van der Waals surface area contributed by atoms with Gasteiger partial charge in [0.05, 0.1) is 17.8 Å². The molecule has 0 aliphatic heterocycles. The van der Waals surface area contributed by atoms with Gasteiger partial charge in [0, 0.05) is 17.0 Å². The Morgan fingerprint density at radius 1 is 1.15 bits per heavy atom. The quantitative estimate of drug-likeness (QED) is 0.695. The van der Waals surface area contributed by atoms with E-state index in [4.69, 9.17) is 0 Å². The average Bonchev–Trinajstić information content (AvgIpc) is 3.34. The van der Waals surface area contributed by atoms with Crippen molar-refractivity contribution in [3.05, 3.63) is 52.2 Å². The number of para-hydroxylation sites is 1. The van der Waals surface area contributed by atoms with Crippen LogP contribution in [0.5, 0.6) is 0 Å². The lowest BCUT2D eigenvalue weighted by Crippen LogP contribution is -2.34. The molecular weight excluding hydrogens is 346 g/mol. The fourth-order valence-corrected chi connectivity index (χ4v) is 3.96. The minimum absolute atomic E-state index is 0.113. The zero-order valence-corrected chi connectivity index (χ0v) is 15.8. The van der Waals surface area contributed by atoms with Crippen LogP contribution in [-0.4, -0.2) is 24.4 Å². The molecule has 3 rings (SSSR count). The molecule has 1 aliphatic rings. The first-order valence-electron chi connectivity index (χ1n) is 9.10. The van der Waals surface area contributed by atoms with Gasteiger partial charge in [-0.15, -0.1) is 11.3 Å². The smallest absolute Gasteiger partial charge is 0.253 e. The second-order valence-electron chi connectivity index (χ2n) is 6.67. The third-order valence-corrected chi connectivity index (χ3v) is 5.73. The summed E-state index contributed by atoms with van der Waals surface area (Å²) in [5.74, 6) is -0.276. The zero-order chi connectivity index (χ0) is 18.4. The Hall–Kier alpha value is -2.18. The van der Waals surface area contributed by atoms with Crippen LogP contribution in [0.1, 0.15) is 53.9 Å². The largest absolute Gasteiger partial charge is 0.349 e. The maximum atomic E-state index is 12.5. The van der Waals surface area contributed by atoms with Crippen molar-refractivity contribution < 1.29 is 9.59 Å². The summed E-state index contributed by atoms with van der Waals surface area (Å²) in [5, 5.41) is 11.2. The summed E-state index contributed by atoms with van der Waals surface area (Å²) in [5.41, 5.74) is 1.07. The average molecular weight is 372 g/mol. The molecule has 6 heteroatoms. The predicted octanol–water partition coefficient (Wildman–Crippen LogP) is 3.71. The standard InChI is InChI=1S/C20H25N3O2S/c1-14(18-11-6-12-26-18)21-13-19(24)23-17-10-5-4-9-16(17)20(25)22-15-7-2-3-8-15/h4-6,9-12,14-15,21H,2-3,7-8,13H2,1H3,(H,22,25)(H,23,24). The van der Waals surface area contributed by atoms with Crippen molar-refractivity contribution >= 4 is 28.8 Å². The number of hydrogen-bond donors (Lipinski definition) is 3. The van der Waals surface area contributed by atoms with E-state index in [-0.39, 0.29) is 30.4 Å². The fraction of sp³-hybridized carbons (Fsp3) is 0.400. The van der Waals surface area contributed by atoms with Crippen LogP contribution in [0.25, 0.3) is 0 Å². The van der Waals surface area contributed by atoms with Crippen molar-refractivity contribution in [3.63, 3.8) is 0 Å². The lowest BCUT2D eigenvalue weighted by atomic mass is 10.1. The van der Waals surface area contributed by atoms with Crippen LogP contribution in [0.15, 0.2) is 41.8 Å². The first-order chi connectivity index (χ1) is 12.6. The highest BCUT2D eigenvalue weighted by Gasteiger charge is 2.20. The summed E-state index contributed by atoms with van der Waals surface area (Å²) in [4.78, 5) is 26.0. The van der Waals surface area contributed by atoms with Crippen molar-refractivity contribution in [2.75, 3.05) is 11.9 Å². The molecule has 3 N–H and O–H groups in total. The first-order valence-corrected chi connectivity index (χ1v) is 9.98. The van der Waals surface area contributed by atoms with E-state index in [1.807, 2.05) is 36.6 Å². The van der Waals surface area contributed by atoms with E-state index in [1.54, 1.807) is 23.5 Å². The number of hydrogen-bond acceptors (Lipinski definition) is 4. The zero-order valence-electron chi connectivity index (χ0n) is 15.0. The second kappa shape index (κ2) is 8.96. The van der Waals surface area contributed by atoms with Crippen molar-refractivity contribution in [1.82, 2.24) is 10.6 Å². The van der Waals surface area contributed by atoms with Crippen molar-refractivity contribution in [2.45, 2.75) is 44.7 Å². The monoisotopic (exact) mass is 371 g/mol. The summed E-state index contributed by atoms with van der Waals surface area (Å²) < 4.78 is 0. The molecule has 26 heavy (non-hydrogen) atoms. The molecule has 0 spiro atoms. The summed E-state index contributed by atoms with van der Waals surface area (Å²) in [6.45, 7) is 2.22. The lowest BCUT2D eigenvalue weighted by Gasteiger charge is -2.16. The van der Waals surface area contributed by atoms with E-state index in [0.29, 0.717) is 11.3 Å². The molecule has 138 valence electrons. The molecule has 1 atom stereocenters. The number of carbonyl (C=O) groups is 2. The Morgan fingerprint density at radius 3 is 2.65 bits per heavy atom. The molecule has 2 amide bonds. The fourth-order valence-electron chi connectivity index (χ4n) is 3.20. The maximum absolute atomic E-state index is 12.5. The van der Waals surface area contributed by atoms with Gasteiger partial charge in [0.2, 0.25) is 5.91 Å². The molecule has 1 saturated carbocycles. The molecule has 1 aromatic heterocycles. The number of nitrogens with one attached hydrogen (secondary N) is 3.